The van der Waals surface area contributed by atoms with Gasteiger partial charge in [-0.05, 0) is 46.5 Å². The fourth-order valence-electron chi connectivity index (χ4n) is 2.15. The van der Waals surface area contributed by atoms with Gasteiger partial charge >= 0.3 is 5.97 Å². The van der Waals surface area contributed by atoms with Crippen LogP contribution in [-0.4, -0.2) is 30.2 Å². The molecule has 0 fully saturated rings. The highest BCUT2D eigenvalue weighted by atomic mass is 79.9. The molecule has 1 aromatic carbocycles. The zero-order chi connectivity index (χ0) is 17.4. The van der Waals surface area contributed by atoms with Crippen LogP contribution in [0.2, 0.25) is 0 Å². The third kappa shape index (κ3) is 5.49. The predicted molar refractivity (Wildman–Crippen MR) is 95.0 cm³/mol. The maximum Gasteiger partial charge on any atom is 0.305 e. The highest BCUT2D eigenvalue weighted by Gasteiger charge is 2.09. The van der Waals surface area contributed by atoms with Crippen LogP contribution in [0.5, 0.6) is 5.75 Å². The van der Waals surface area contributed by atoms with Gasteiger partial charge < -0.3 is 14.8 Å². The summed E-state index contributed by atoms with van der Waals surface area (Å²) in [6, 6.07) is 7.82. The number of halogens is 1. The number of nitrogens with zero attached hydrogens (tertiary/aromatic N) is 2. The second-order valence-electron chi connectivity index (χ2n) is 5.12. The molecular weight excluding hydrogens is 374 g/mol. The van der Waals surface area contributed by atoms with Crippen LogP contribution in [0.1, 0.15) is 24.1 Å². The molecule has 0 amide bonds. The Labute approximate surface area is 149 Å². The highest BCUT2D eigenvalue weighted by Crippen LogP contribution is 2.18. The summed E-state index contributed by atoms with van der Waals surface area (Å²) < 4.78 is 10.5. The topological polar surface area (TPSA) is 73.3 Å². The molecule has 1 N–H and O–H groups in total. The molecule has 0 saturated carbocycles. The summed E-state index contributed by atoms with van der Waals surface area (Å²) in [5, 5.41) is 3.30. The van der Waals surface area contributed by atoms with Crippen molar-refractivity contribution in [2.24, 2.45) is 0 Å². The van der Waals surface area contributed by atoms with Crippen molar-refractivity contribution in [3.63, 3.8) is 0 Å². The van der Waals surface area contributed by atoms with E-state index in [2.05, 4.69) is 36.0 Å². The van der Waals surface area contributed by atoms with Crippen molar-refractivity contribution in [1.82, 2.24) is 9.97 Å². The lowest BCUT2D eigenvalue weighted by Crippen LogP contribution is -2.08. The summed E-state index contributed by atoms with van der Waals surface area (Å²) in [7, 11) is 3.04. The Hall–Kier alpha value is -2.15. The molecule has 0 saturated heterocycles. The molecule has 0 unspecified atom stereocenters. The summed E-state index contributed by atoms with van der Waals surface area (Å²) >= 11 is 3.34. The van der Waals surface area contributed by atoms with Crippen LogP contribution in [0.25, 0.3) is 0 Å². The van der Waals surface area contributed by atoms with E-state index in [-0.39, 0.29) is 5.97 Å². The number of esters is 1. The number of hydrogen-bond acceptors (Lipinski definition) is 6. The molecule has 0 aliphatic carbocycles. The molecule has 2 aromatic rings. The van der Waals surface area contributed by atoms with E-state index in [0.717, 1.165) is 17.0 Å². The molecule has 0 aliphatic heterocycles. The first kappa shape index (κ1) is 18.2. The number of methoxy groups -OCH3 is 2. The molecule has 0 radical (unpaired) electrons. The Morgan fingerprint density at radius 3 is 2.67 bits per heavy atom. The molecule has 0 spiro atoms. The van der Waals surface area contributed by atoms with E-state index in [4.69, 9.17) is 4.74 Å². The molecule has 7 heteroatoms. The molecule has 0 atom stereocenters. The highest BCUT2D eigenvalue weighted by molar-refractivity contribution is 9.10. The maximum absolute atomic E-state index is 11.2. The van der Waals surface area contributed by atoms with E-state index in [0.29, 0.717) is 36.2 Å². The lowest BCUT2D eigenvalue weighted by atomic mass is 10.1. The van der Waals surface area contributed by atoms with Gasteiger partial charge in [0, 0.05) is 13.0 Å². The Bertz CT molecular complexity index is 677. The van der Waals surface area contributed by atoms with E-state index in [1.54, 1.807) is 13.3 Å². The summed E-state index contributed by atoms with van der Waals surface area (Å²) in [6.45, 7) is 0.624. The van der Waals surface area contributed by atoms with Crippen molar-refractivity contribution in [1.29, 1.82) is 0 Å². The SMILES string of the molecule is COC(=O)CCCc1ncc(Br)nc1NCc1ccc(OC)cc1. The molecule has 0 bridgehead atoms. The third-order valence-electron chi connectivity index (χ3n) is 3.46. The van der Waals surface area contributed by atoms with Gasteiger partial charge in [-0.15, -0.1) is 0 Å². The van der Waals surface area contributed by atoms with Crippen LogP contribution in [-0.2, 0) is 22.5 Å². The van der Waals surface area contributed by atoms with Crippen molar-refractivity contribution in [2.45, 2.75) is 25.8 Å². The number of benzene rings is 1. The number of aryl methyl sites for hydroxylation is 1. The molecule has 6 nitrogen and oxygen atoms in total. The molecule has 128 valence electrons. The smallest absolute Gasteiger partial charge is 0.305 e. The Balaban J connectivity index is 1.99. The lowest BCUT2D eigenvalue weighted by molar-refractivity contribution is -0.140. The second-order valence-corrected chi connectivity index (χ2v) is 5.93. The third-order valence-corrected chi connectivity index (χ3v) is 3.84. The Morgan fingerprint density at radius 2 is 2.00 bits per heavy atom. The Morgan fingerprint density at radius 1 is 1.25 bits per heavy atom. The van der Waals surface area contributed by atoms with Crippen LogP contribution in [0.15, 0.2) is 35.1 Å². The summed E-state index contributed by atoms with van der Waals surface area (Å²) in [5.74, 6) is 1.32. The van der Waals surface area contributed by atoms with E-state index < -0.39 is 0 Å². The zero-order valence-corrected chi connectivity index (χ0v) is 15.3. The van der Waals surface area contributed by atoms with Crippen LogP contribution in [0.4, 0.5) is 5.82 Å². The van der Waals surface area contributed by atoms with Crippen molar-refractivity contribution in [2.75, 3.05) is 19.5 Å². The zero-order valence-electron chi connectivity index (χ0n) is 13.7. The van der Waals surface area contributed by atoms with E-state index in [1.807, 2.05) is 24.3 Å². The summed E-state index contributed by atoms with van der Waals surface area (Å²) in [6.07, 6.45) is 3.35. The molecule has 0 aliphatic rings. The molecule has 1 aromatic heterocycles. The van der Waals surface area contributed by atoms with Gasteiger partial charge in [0.1, 0.15) is 16.2 Å². The minimum Gasteiger partial charge on any atom is -0.497 e. The van der Waals surface area contributed by atoms with Crippen LogP contribution < -0.4 is 10.1 Å². The largest absolute Gasteiger partial charge is 0.497 e. The average molecular weight is 394 g/mol. The number of carbonyl (C=O) groups is 1. The normalized spacial score (nSPS) is 10.3. The second kappa shape index (κ2) is 9.22. The van der Waals surface area contributed by atoms with Crippen molar-refractivity contribution in [3.8, 4) is 5.75 Å². The van der Waals surface area contributed by atoms with Gasteiger partial charge in [-0.1, -0.05) is 12.1 Å². The van der Waals surface area contributed by atoms with Gasteiger partial charge in [-0.2, -0.15) is 0 Å². The monoisotopic (exact) mass is 393 g/mol. The fourth-order valence-corrected chi connectivity index (χ4v) is 2.43. The van der Waals surface area contributed by atoms with Gasteiger partial charge in [-0.25, -0.2) is 4.98 Å². The van der Waals surface area contributed by atoms with Gasteiger partial charge in [-0.3, -0.25) is 9.78 Å². The van der Waals surface area contributed by atoms with Crippen molar-refractivity contribution in [3.05, 3.63) is 46.3 Å². The Kier molecular flexibility index (Phi) is 6.99. The first-order valence-electron chi connectivity index (χ1n) is 7.57. The fraction of sp³-hybridized carbons (Fsp3) is 0.353. The van der Waals surface area contributed by atoms with Crippen LogP contribution >= 0.6 is 15.9 Å². The number of rotatable bonds is 8. The standard InChI is InChI=1S/C17H20BrN3O3/c1-23-13-8-6-12(7-9-13)10-20-17-14(19-11-15(18)21-17)4-3-5-16(22)24-2/h6-9,11H,3-5,10H2,1-2H3,(H,20,21). The lowest BCUT2D eigenvalue weighted by Gasteiger charge is -2.11. The first-order chi connectivity index (χ1) is 11.6. The maximum atomic E-state index is 11.2. The number of aromatic nitrogens is 2. The molecule has 2 rings (SSSR count). The van der Waals surface area contributed by atoms with Gasteiger partial charge in [0.2, 0.25) is 0 Å². The number of nitrogens with one attached hydrogen (secondary N) is 1. The quantitative estimate of drug-likeness (QED) is 0.693. The van der Waals surface area contributed by atoms with Crippen LogP contribution in [0.3, 0.4) is 0 Å². The summed E-state index contributed by atoms with van der Waals surface area (Å²) in [4.78, 5) is 20.1. The number of carbonyl (C=O) groups excluding carboxylic acids is 1. The molecule has 24 heavy (non-hydrogen) atoms. The van der Waals surface area contributed by atoms with Crippen molar-refractivity contribution >= 4 is 27.7 Å². The average Bonchev–Trinajstić information content (AvgIpc) is 2.61. The molecular formula is C17H20BrN3O3. The van der Waals surface area contributed by atoms with Crippen molar-refractivity contribution < 1.29 is 14.3 Å². The number of ether oxygens (including phenoxy) is 2. The van der Waals surface area contributed by atoms with Gasteiger partial charge in [0.05, 0.1) is 26.1 Å². The van der Waals surface area contributed by atoms with Crippen LogP contribution in [0, 0.1) is 0 Å². The minimum absolute atomic E-state index is 0.215. The molecule has 1 heterocycles. The van der Waals surface area contributed by atoms with Gasteiger partial charge in [0.15, 0.2) is 0 Å². The minimum atomic E-state index is -0.215. The first-order valence-corrected chi connectivity index (χ1v) is 8.36. The predicted octanol–water partition coefficient (Wildman–Crippen LogP) is 3.36. The van der Waals surface area contributed by atoms with E-state index in [9.17, 15) is 4.79 Å². The summed E-state index contributed by atoms with van der Waals surface area (Å²) in [5.41, 5.74) is 1.94. The number of hydrogen-bond donors (Lipinski definition) is 1. The van der Waals surface area contributed by atoms with Gasteiger partial charge in [0.25, 0.3) is 0 Å². The number of anilines is 1. The van der Waals surface area contributed by atoms with E-state index in [1.165, 1.54) is 7.11 Å². The van der Waals surface area contributed by atoms with E-state index >= 15 is 0 Å².